The number of hydrogen-bond donors (Lipinski definition) is 0. The maximum atomic E-state index is 11.8. The van der Waals surface area contributed by atoms with Crippen molar-refractivity contribution in [2.45, 2.75) is 49.6 Å². The summed E-state index contributed by atoms with van der Waals surface area (Å²) in [5, 5.41) is -2.54. The van der Waals surface area contributed by atoms with Gasteiger partial charge in [0.25, 0.3) is 0 Å². The summed E-state index contributed by atoms with van der Waals surface area (Å²) in [5.41, 5.74) is 2.07. The topological polar surface area (TPSA) is 168 Å². The number of rotatable bonds is 8. The van der Waals surface area contributed by atoms with Crippen LogP contribution >= 0.6 is 92.8 Å². The molecule has 0 aromatic heterocycles. The predicted octanol–water partition coefficient (Wildman–Crippen LogP) is -6.99. The van der Waals surface area contributed by atoms with Gasteiger partial charge >= 0.3 is 61.9 Å². The minimum atomic E-state index is -1.16. The van der Waals surface area contributed by atoms with Crippen molar-refractivity contribution in [3.05, 3.63) is 10.2 Å². The van der Waals surface area contributed by atoms with Crippen molar-refractivity contribution in [1.29, 1.82) is 0 Å². The molecule has 3 aliphatic carbocycles. The fourth-order valence-corrected chi connectivity index (χ4v) is 11.8. The van der Waals surface area contributed by atoms with E-state index in [0.29, 0.717) is 35.6 Å². The molecule has 2 atom stereocenters. The van der Waals surface area contributed by atoms with Gasteiger partial charge in [0.15, 0.2) is 8.67 Å². The number of carbonyl (C=O) groups is 2. The van der Waals surface area contributed by atoms with Crippen molar-refractivity contribution in [2.24, 2.45) is 0 Å². The van der Waals surface area contributed by atoms with Crippen LogP contribution in [0.1, 0.15) is 0 Å². The van der Waals surface area contributed by atoms with E-state index < -0.39 is 24.5 Å². The van der Waals surface area contributed by atoms with Crippen LogP contribution in [-0.2, 0) is 42.7 Å². The molecule has 406 valence electrons. The van der Waals surface area contributed by atoms with Crippen molar-refractivity contribution < 1.29 is 124 Å². The molecule has 11 rings (SSSR count). The van der Waals surface area contributed by atoms with Crippen molar-refractivity contribution >= 4 is 115 Å². The Kier molecular flexibility index (Phi) is 31.0. The minimum Gasteiger partial charge on any atom is -1.00 e. The third-order valence-corrected chi connectivity index (χ3v) is 18.0. The van der Waals surface area contributed by atoms with Gasteiger partial charge < -0.3 is 73.2 Å². The monoisotopic (exact) mass is 1230 g/mol. The van der Waals surface area contributed by atoms with Crippen LogP contribution in [0.5, 0.6) is 0 Å². The van der Waals surface area contributed by atoms with E-state index in [9.17, 15) is 14.4 Å². The molecule has 7 heterocycles. The number of alkyl halides is 6. The fraction of sp³-hybridized carbons (Fsp3) is 0.881. The van der Waals surface area contributed by atoms with Crippen LogP contribution in [0.25, 0.3) is 0 Å². The van der Waals surface area contributed by atoms with Gasteiger partial charge in [-0.2, -0.15) is 0 Å². The summed E-state index contributed by atoms with van der Waals surface area (Å²) in [6.45, 7) is 25.7. The number of carbonyl (C=O) groups excluding carboxylic acids is 2. The van der Waals surface area contributed by atoms with Crippen LogP contribution in [0.2, 0.25) is 0 Å². The second-order valence-electron chi connectivity index (χ2n) is 17.5. The maximum Gasteiger partial charge on any atom is 1.00 e. The second-order valence-corrected chi connectivity index (χ2v) is 21.9. The number of nitrogens with zero attached hydrogens (tertiary/aromatic N) is 7. The van der Waals surface area contributed by atoms with Crippen molar-refractivity contribution in [3.8, 4) is 0 Å². The molecule has 10 aliphatic rings. The van der Waals surface area contributed by atoms with Crippen LogP contribution in [-0.4, -0.2) is 274 Å². The molecule has 7 saturated heterocycles. The average molecular weight is 1240 g/mol. The smallest absolute Gasteiger partial charge is 1.00 e. The van der Waals surface area contributed by atoms with E-state index in [2.05, 4.69) is 57.5 Å². The molecule has 1 N–H and O–H groups in total. The number of morpholine rings is 7. The minimum absolute atomic E-state index is 0. The Morgan fingerprint density at radius 2 is 0.592 bits per heavy atom. The quantitative estimate of drug-likeness (QED) is 0.104. The molecule has 0 bridgehead atoms. The molecule has 10 fully saturated rings. The van der Waals surface area contributed by atoms with Crippen LogP contribution in [0, 0.1) is 0 Å². The van der Waals surface area contributed by atoms with Crippen LogP contribution < -0.4 is 91.4 Å². The third-order valence-electron chi connectivity index (χ3n) is 13.5. The summed E-state index contributed by atoms with van der Waals surface area (Å²) in [6, 6.07) is 3.15. The molecule has 1 aromatic carbocycles. The first-order valence-electron chi connectivity index (χ1n) is 23.2. The van der Waals surface area contributed by atoms with E-state index in [-0.39, 0.29) is 87.1 Å². The van der Waals surface area contributed by atoms with E-state index in [1.165, 1.54) is 0 Å². The molecule has 71 heavy (non-hydrogen) atoms. The molecular formula is C42H64Cl10KN7O11-2. The Hall–Kier alpha value is 2.37. The van der Waals surface area contributed by atoms with E-state index >= 15 is 0 Å². The first-order chi connectivity index (χ1) is 32.3. The van der Waals surface area contributed by atoms with Gasteiger partial charge in [-0.15, -0.1) is 23.2 Å². The third kappa shape index (κ3) is 18.4. The number of halogens is 10. The van der Waals surface area contributed by atoms with E-state index in [0.717, 1.165) is 195 Å². The largest absolute Gasteiger partial charge is 1.00 e. The second kappa shape index (κ2) is 32.6. The van der Waals surface area contributed by atoms with Crippen LogP contribution in [0.15, 0.2) is 4.79 Å². The standard InChI is InChI=1S/C15H27N3O3.C11H19ClN2O2.C11H16N2O3.C3HCl5.C2Cl2O2.2ClH.K.H2O/c1-7-19-8-2-16(1)13-14(17-3-9-20-10-4-17)15(13)18-5-11-21-12-6-18;12-9-10(13-1-5-15-6-2-13)11(9)14-3-7-16-8-4-14;14-11-9(12-1-5-15-6-2-12)10(11)13-3-7-16-8-4-13;4-1-2(5,6)3(1,7)8;3-1(5)2(4)6;;;;/h13-15H,1-12H2;9-11H,1-8H2;1-8H2;1H;;2*1H;;1H2/q;;;;;;;+1;/p-3. The molecule has 1 aromatic rings. The maximum absolute atomic E-state index is 11.8. The molecule has 29 heteroatoms. The molecular weight excluding hydrogens is 1170 g/mol. The van der Waals surface area contributed by atoms with Gasteiger partial charge in [0.1, 0.15) is 16.8 Å². The van der Waals surface area contributed by atoms with Crippen LogP contribution in [0.4, 0.5) is 11.4 Å². The van der Waals surface area contributed by atoms with Gasteiger partial charge in [0.2, 0.25) is 5.43 Å². The van der Waals surface area contributed by atoms with E-state index in [4.69, 9.17) is 103 Å². The molecule has 2 unspecified atom stereocenters. The van der Waals surface area contributed by atoms with Crippen molar-refractivity contribution in [2.75, 3.05) is 194 Å². The number of anilines is 2. The Balaban J connectivity index is 0.000000244. The number of ether oxygens (including phenoxy) is 7. The summed E-state index contributed by atoms with van der Waals surface area (Å²) >= 11 is 42.7. The Labute approximate surface area is 511 Å². The van der Waals surface area contributed by atoms with E-state index in [1.807, 2.05) is 0 Å². The van der Waals surface area contributed by atoms with Gasteiger partial charge in [-0.25, -0.2) is 0 Å². The van der Waals surface area contributed by atoms with E-state index in [1.54, 1.807) is 0 Å². The van der Waals surface area contributed by atoms with Crippen molar-refractivity contribution in [1.82, 2.24) is 24.5 Å². The summed E-state index contributed by atoms with van der Waals surface area (Å²) in [5.74, 6) is 0. The Morgan fingerprint density at radius 3 is 0.775 bits per heavy atom. The van der Waals surface area contributed by atoms with Gasteiger partial charge in [-0.05, 0) is 23.2 Å². The zero-order valence-corrected chi connectivity index (χ0v) is 50.5. The summed E-state index contributed by atoms with van der Waals surface area (Å²) < 4.78 is 35.6. The zero-order valence-electron chi connectivity index (χ0n) is 39.8. The number of hydrogen-bond acceptors (Lipinski definition) is 18. The Morgan fingerprint density at radius 1 is 0.408 bits per heavy atom. The first kappa shape index (κ1) is 67.6. The molecule has 0 amide bonds. The molecule has 7 aliphatic heterocycles. The predicted molar refractivity (Wildman–Crippen MR) is 264 cm³/mol. The van der Waals surface area contributed by atoms with Crippen molar-refractivity contribution in [3.63, 3.8) is 0 Å². The molecule has 18 nitrogen and oxygen atoms in total. The van der Waals surface area contributed by atoms with Gasteiger partial charge in [0.05, 0.1) is 97.9 Å². The summed E-state index contributed by atoms with van der Waals surface area (Å²) in [6.07, 6.45) is 0. The fourth-order valence-electron chi connectivity index (χ4n) is 9.64. The SMILES string of the molecule is C1CN(C2C(N3CCOCC3)C2N2CCOCC2)CCO1.ClC1C(Cl)(Cl)C1(Cl)Cl.ClC1C(N2CCOCC2)C1N1CCOCC1.O=C(Cl)C(=O)Cl.O=c1c(N2CCOCC2)c1N1CCOCC1.[Cl-].[Cl-].[K+].[OH-]. The average Bonchev–Trinajstić information content (AvgIpc) is 4.33. The summed E-state index contributed by atoms with van der Waals surface area (Å²) in [7, 11) is 0. The summed E-state index contributed by atoms with van der Waals surface area (Å²) in [4.78, 5) is 47.9. The van der Waals surface area contributed by atoms with Gasteiger partial charge in [-0.3, -0.25) is 38.9 Å². The van der Waals surface area contributed by atoms with Crippen LogP contribution in [0.3, 0.4) is 0 Å². The van der Waals surface area contributed by atoms with Gasteiger partial charge in [0, 0.05) is 122 Å². The Bertz CT molecular complexity index is 1590. The molecule has 3 saturated carbocycles. The molecule has 0 spiro atoms. The molecule has 0 radical (unpaired) electrons. The first-order valence-corrected chi connectivity index (χ1v) is 26.4. The zero-order chi connectivity index (χ0) is 47.7. The van der Waals surface area contributed by atoms with Gasteiger partial charge in [-0.1, -0.05) is 46.4 Å². The normalized spacial score (nSPS) is 30.9.